The maximum atomic E-state index is 12.8. The SMILES string of the molecule is N#Cc1ccc(C(=O)N2CC3CC2CN3c2ncnc3[nH]ccc23)cc1. The fourth-order valence-corrected chi connectivity index (χ4v) is 4.12. The zero-order valence-corrected chi connectivity index (χ0v) is 14.0. The van der Waals surface area contributed by atoms with Crippen molar-refractivity contribution >= 4 is 22.8 Å². The van der Waals surface area contributed by atoms with Gasteiger partial charge in [0.25, 0.3) is 5.91 Å². The third-order valence-electron chi connectivity index (χ3n) is 5.37. The van der Waals surface area contributed by atoms with Crippen LogP contribution in [0.2, 0.25) is 0 Å². The molecule has 1 N–H and O–H groups in total. The van der Waals surface area contributed by atoms with E-state index in [-0.39, 0.29) is 18.0 Å². The molecule has 0 aliphatic carbocycles. The van der Waals surface area contributed by atoms with Crippen molar-refractivity contribution in [3.8, 4) is 6.07 Å². The Hall–Kier alpha value is -3.40. The highest BCUT2D eigenvalue weighted by Gasteiger charge is 2.46. The summed E-state index contributed by atoms with van der Waals surface area (Å²) in [5, 5.41) is 9.92. The Balaban J connectivity index is 1.38. The van der Waals surface area contributed by atoms with E-state index in [4.69, 9.17) is 5.26 Å². The van der Waals surface area contributed by atoms with E-state index in [0.29, 0.717) is 17.7 Å². The van der Waals surface area contributed by atoms with E-state index >= 15 is 0 Å². The molecule has 2 aromatic heterocycles. The van der Waals surface area contributed by atoms with Crippen LogP contribution in [0.25, 0.3) is 11.0 Å². The Labute approximate surface area is 149 Å². The van der Waals surface area contributed by atoms with Crippen molar-refractivity contribution in [2.24, 2.45) is 0 Å². The van der Waals surface area contributed by atoms with Crippen molar-refractivity contribution in [3.63, 3.8) is 0 Å². The van der Waals surface area contributed by atoms with Crippen molar-refractivity contribution in [1.29, 1.82) is 5.26 Å². The monoisotopic (exact) mass is 344 g/mol. The van der Waals surface area contributed by atoms with Crippen LogP contribution in [-0.2, 0) is 0 Å². The molecule has 2 aliphatic heterocycles. The van der Waals surface area contributed by atoms with Gasteiger partial charge in [0.15, 0.2) is 0 Å². The number of carbonyl (C=O) groups excluding carboxylic acids is 1. The molecule has 1 aromatic carbocycles. The van der Waals surface area contributed by atoms with Gasteiger partial charge in [-0.25, -0.2) is 9.97 Å². The quantitative estimate of drug-likeness (QED) is 0.767. The zero-order valence-electron chi connectivity index (χ0n) is 14.0. The van der Waals surface area contributed by atoms with Gasteiger partial charge in [0.2, 0.25) is 0 Å². The third-order valence-corrected chi connectivity index (χ3v) is 5.37. The number of H-pyrrole nitrogens is 1. The maximum absolute atomic E-state index is 12.8. The number of rotatable bonds is 2. The Bertz CT molecular complexity index is 1030. The number of aromatic nitrogens is 3. The van der Waals surface area contributed by atoms with Crippen LogP contribution in [-0.4, -0.2) is 50.9 Å². The van der Waals surface area contributed by atoms with Gasteiger partial charge in [-0.2, -0.15) is 5.26 Å². The predicted octanol–water partition coefficient (Wildman–Crippen LogP) is 1.93. The van der Waals surface area contributed by atoms with E-state index in [2.05, 4.69) is 25.9 Å². The molecule has 26 heavy (non-hydrogen) atoms. The van der Waals surface area contributed by atoms with Crippen LogP contribution in [0, 0.1) is 11.3 Å². The van der Waals surface area contributed by atoms with Gasteiger partial charge in [0.05, 0.1) is 29.1 Å². The number of hydrogen-bond donors (Lipinski definition) is 1. The van der Waals surface area contributed by atoms with Crippen molar-refractivity contribution in [3.05, 3.63) is 54.0 Å². The second-order valence-electron chi connectivity index (χ2n) is 6.78. The highest BCUT2D eigenvalue weighted by Crippen LogP contribution is 2.36. The van der Waals surface area contributed by atoms with E-state index in [1.54, 1.807) is 30.6 Å². The number of carbonyl (C=O) groups is 1. The molecule has 7 heteroatoms. The van der Waals surface area contributed by atoms with Crippen LogP contribution in [0.5, 0.6) is 0 Å². The van der Waals surface area contributed by atoms with Gasteiger partial charge in [-0.3, -0.25) is 4.79 Å². The topological polar surface area (TPSA) is 88.9 Å². The number of piperazine rings is 1. The lowest BCUT2D eigenvalue weighted by atomic mass is 10.1. The number of anilines is 1. The molecule has 0 radical (unpaired) electrons. The third kappa shape index (κ3) is 2.15. The predicted molar refractivity (Wildman–Crippen MR) is 95.6 cm³/mol. The van der Waals surface area contributed by atoms with Gasteiger partial charge in [0.1, 0.15) is 17.8 Å². The summed E-state index contributed by atoms with van der Waals surface area (Å²) in [6.45, 7) is 1.48. The standard InChI is InChI=1S/C19H16N6O/c20-8-12-1-3-13(4-2-12)19(26)25-10-14-7-15(25)9-24(14)18-16-5-6-21-17(16)22-11-23-18/h1-6,11,14-15H,7,9-10H2,(H,21,22,23). The van der Waals surface area contributed by atoms with Crippen LogP contribution in [0.3, 0.4) is 0 Å². The van der Waals surface area contributed by atoms with Crippen molar-refractivity contribution in [1.82, 2.24) is 19.9 Å². The Morgan fingerprint density at radius 2 is 2.00 bits per heavy atom. The average Bonchev–Trinajstić information content (AvgIpc) is 3.42. The smallest absolute Gasteiger partial charge is 0.254 e. The lowest BCUT2D eigenvalue weighted by Crippen LogP contribution is -2.49. The van der Waals surface area contributed by atoms with E-state index in [0.717, 1.165) is 29.8 Å². The molecule has 0 saturated carbocycles. The van der Waals surface area contributed by atoms with Gasteiger partial charge in [-0.05, 0) is 36.8 Å². The first-order valence-corrected chi connectivity index (χ1v) is 8.60. The number of aromatic amines is 1. The summed E-state index contributed by atoms with van der Waals surface area (Å²) >= 11 is 0. The van der Waals surface area contributed by atoms with E-state index < -0.39 is 0 Å². The second kappa shape index (κ2) is 5.56. The van der Waals surface area contributed by atoms with Crippen LogP contribution < -0.4 is 4.90 Å². The number of amides is 1. The summed E-state index contributed by atoms with van der Waals surface area (Å²) in [7, 11) is 0. The number of fused-ring (bicyclic) bond motifs is 3. The molecule has 3 aromatic rings. The minimum Gasteiger partial charge on any atom is -0.349 e. The number of nitrogens with one attached hydrogen (secondary N) is 1. The molecule has 2 bridgehead atoms. The summed E-state index contributed by atoms with van der Waals surface area (Å²) < 4.78 is 0. The van der Waals surface area contributed by atoms with Gasteiger partial charge in [-0.15, -0.1) is 0 Å². The first kappa shape index (κ1) is 14.9. The van der Waals surface area contributed by atoms with E-state index in [9.17, 15) is 4.79 Å². The van der Waals surface area contributed by atoms with Gasteiger partial charge >= 0.3 is 0 Å². The normalized spacial score (nSPS) is 21.3. The molecule has 2 saturated heterocycles. The molecular weight excluding hydrogens is 328 g/mol. The fraction of sp³-hybridized carbons (Fsp3) is 0.263. The molecule has 2 fully saturated rings. The summed E-state index contributed by atoms with van der Waals surface area (Å²) in [5.74, 6) is 0.977. The molecule has 4 heterocycles. The fourth-order valence-electron chi connectivity index (χ4n) is 4.12. The van der Waals surface area contributed by atoms with Gasteiger partial charge < -0.3 is 14.8 Å². The lowest BCUT2D eigenvalue weighted by molar-refractivity contribution is 0.0725. The second-order valence-corrected chi connectivity index (χ2v) is 6.78. The molecule has 128 valence electrons. The highest BCUT2D eigenvalue weighted by atomic mass is 16.2. The van der Waals surface area contributed by atoms with Crippen molar-refractivity contribution in [2.75, 3.05) is 18.0 Å². The Morgan fingerprint density at radius 1 is 1.15 bits per heavy atom. The number of hydrogen-bond acceptors (Lipinski definition) is 5. The van der Waals surface area contributed by atoms with E-state index in [1.807, 2.05) is 17.2 Å². The zero-order chi connectivity index (χ0) is 17.7. The maximum Gasteiger partial charge on any atom is 0.254 e. The lowest BCUT2D eigenvalue weighted by Gasteiger charge is -2.35. The number of nitrogens with zero attached hydrogens (tertiary/aromatic N) is 5. The first-order chi connectivity index (χ1) is 12.7. The molecule has 2 unspecified atom stereocenters. The van der Waals surface area contributed by atoms with Crippen LogP contribution >= 0.6 is 0 Å². The summed E-state index contributed by atoms with van der Waals surface area (Å²) in [5.41, 5.74) is 2.04. The Kier molecular flexibility index (Phi) is 3.19. The largest absolute Gasteiger partial charge is 0.349 e. The molecule has 7 nitrogen and oxygen atoms in total. The summed E-state index contributed by atoms with van der Waals surface area (Å²) in [6.07, 6.45) is 4.41. The van der Waals surface area contributed by atoms with Crippen LogP contribution in [0.4, 0.5) is 5.82 Å². The highest BCUT2D eigenvalue weighted by molar-refractivity contribution is 5.95. The molecule has 1 amide bonds. The molecule has 5 rings (SSSR count). The van der Waals surface area contributed by atoms with E-state index in [1.165, 1.54) is 0 Å². The van der Waals surface area contributed by atoms with Gasteiger partial charge in [0, 0.05) is 24.8 Å². The van der Waals surface area contributed by atoms with Gasteiger partial charge in [-0.1, -0.05) is 0 Å². The summed E-state index contributed by atoms with van der Waals surface area (Å²) in [4.78, 5) is 29.0. The first-order valence-electron chi connectivity index (χ1n) is 8.60. The van der Waals surface area contributed by atoms with Crippen molar-refractivity contribution in [2.45, 2.75) is 18.5 Å². The average molecular weight is 344 g/mol. The summed E-state index contributed by atoms with van der Waals surface area (Å²) in [6, 6.07) is 11.4. The molecule has 0 spiro atoms. The minimum atomic E-state index is 0.0381. The Morgan fingerprint density at radius 3 is 2.73 bits per heavy atom. The van der Waals surface area contributed by atoms with Crippen molar-refractivity contribution < 1.29 is 4.79 Å². The van der Waals surface area contributed by atoms with Crippen LogP contribution in [0.15, 0.2) is 42.9 Å². The molecule has 2 atom stereocenters. The number of likely N-dealkylation sites (tertiary alicyclic amines) is 1. The number of nitriles is 1. The molecule has 2 aliphatic rings. The number of benzene rings is 1. The van der Waals surface area contributed by atoms with Crippen LogP contribution in [0.1, 0.15) is 22.3 Å². The minimum absolute atomic E-state index is 0.0381. The molecular formula is C19H16N6O.